The minimum absolute atomic E-state index is 0.506. The lowest BCUT2D eigenvalue weighted by molar-refractivity contribution is 0.552. The Balaban J connectivity index is 2.21. The molecule has 0 saturated heterocycles. The van der Waals surface area contributed by atoms with E-state index in [0.717, 1.165) is 10.6 Å². The molecule has 0 heterocycles. The molecule has 1 aliphatic rings. The van der Waals surface area contributed by atoms with E-state index in [1.54, 1.807) is 0 Å². The normalized spacial score (nSPS) is 17.5. The Hall–Kier alpha value is -0.730. The first-order valence-electron chi connectivity index (χ1n) is 6.94. The maximum Gasteiger partial charge on any atom is 0.0471 e. The molecule has 100 valence electrons. The highest BCUT2D eigenvalue weighted by atomic mass is 35.5. The van der Waals surface area contributed by atoms with Gasteiger partial charge in [-0.1, -0.05) is 43.4 Å². The van der Waals surface area contributed by atoms with Gasteiger partial charge in [0.25, 0.3) is 0 Å². The van der Waals surface area contributed by atoms with Crippen molar-refractivity contribution in [3.05, 3.63) is 28.8 Å². The molecule has 0 aliphatic heterocycles. The minimum atomic E-state index is 0.506. The molecule has 3 heteroatoms. The third kappa shape index (κ3) is 2.99. The molecule has 2 rings (SSSR count). The Bertz CT molecular complexity index is 384. The molecule has 0 amide bonds. The van der Waals surface area contributed by atoms with Gasteiger partial charge in [0, 0.05) is 35.9 Å². The Morgan fingerprint density at radius 2 is 1.89 bits per heavy atom. The molecular weight excluding hydrogens is 244 g/mol. The van der Waals surface area contributed by atoms with Crippen molar-refractivity contribution >= 4 is 17.3 Å². The lowest BCUT2D eigenvalue weighted by Crippen LogP contribution is -2.32. The largest absolute Gasteiger partial charge is 0.371 e. The van der Waals surface area contributed by atoms with Crippen LogP contribution in [0.3, 0.4) is 0 Å². The molecular formula is C15H23ClN2. The van der Waals surface area contributed by atoms with Gasteiger partial charge in [0.2, 0.25) is 0 Å². The van der Waals surface area contributed by atoms with Gasteiger partial charge in [-0.05, 0) is 25.0 Å². The van der Waals surface area contributed by atoms with Crippen molar-refractivity contribution in [3.8, 4) is 0 Å². The first-order chi connectivity index (χ1) is 8.74. The van der Waals surface area contributed by atoms with Crippen molar-refractivity contribution in [2.75, 3.05) is 11.9 Å². The molecule has 0 radical (unpaired) electrons. The minimum Gasteiger partial charge on any atom is -0.371 e. The van der Waals surface area contributed by atoms with Crippen molar-refractivity contribution in [3.63, 3.8) is 0 Å². The highest BCUT2D eigenvalue weighted by Gasteiger charge is 2.19. The molecule has 0 unspecified atom stereocenters. The summed E-state index contributed by atoms with van der Waals surface area (Å²) in [4.78, 5) is 2.39. The van der Waals surface area contributed by atoms with E-state index in [9.17, 15) is 0 Å². The fraction of sp³-hybridized carbons (Fsp3) is 0.600. The van der Waals surface area contributed by atoms with Crippen LogP contribution < -0.4 is 10.6 Å². The number of hydrogen-bond donors (Lipinski definition) is 1. The van der Waals surface area contributed by atoms with E-state index in [2.05, 4.69) is 18.0 Å². The third-order valence-corrected chi connectivity index (χ3v) is 4.40. The highest BCUT2D eigenvalue weighted by molar-refractivity contribution is 6.31. The van der Waals surface area contributed by atoms with Gasteiger partial charge in [-0.2, -0.15) is 0 Å². The quantitative estimate of drug-likeness (QED) is 0.839. The van der Waals surface area contributed by atoms with Crippen molar-refractivity contribution in [2.24, 2.45) is 5.73 Å². The van der Waals surface area contributed by atoms with Crippen LogP contribution >= 0.6 is 11.6 Å². The lowest BCUT2D eigenvalue weighted by Gasteiger charge is -2.31. The number of rotatable bonds is 3. The number of halogens is 1. The molecule has 1 aromatic rings. The van der Waals surface area contributed by atoms with Gasteiger partial charge in [-0.25, -0.2) is 0 Å². The average Bonchev–Trinajstić information content (AvgIpc) is 2.66. The van der Waals surface area contributed by atoms with Crippen LogP contribution in [0.15, 0.2) is 18.2 Å². The van der Waals surface area contributed by atoms with E-state index >= 15 is 0 Å². The van der Waals surface area contributed by atoms with Gasteiger partial charge in [0.1, 0.15) is 0 Å². The second-order valence-corrected chi connectivity index (χ2v) is 5.61. The molecule has 18 heavy (non-hydrogen) atoms. The summed E-state index contributed by atoms with van der Waals surface area (Å²) in [6.45, 7) is 0.506. The molecule has 0 aromatic heterocycles. The van der Waals surface area contributed by atoms with E-state index in [4.69, 9.17) is 17.3 Å². The van der Waals surface area contributed by atoms with E-state index < -0.39 is 0 Å². The molecule has 0 atom stereocenters. The van der Waals surface area contributed by atoms with Crippen LogP contribution in [0.1, 0.15) is 44.1 Å². The fourth-order valence-corrected chi connectivity index (χ4v) is 3.17. The Kier molecular flexibility index (Phi) is 4.90. The first-order valence-corrected chi connectivity index (χ1v) is 7.32. The van der Waals surface area contributed by atoms with Crippen LogP contribution in [-0.4, -0.2) is 13.1 Å². The van der Waals surface area contributed by atoms with E-state index in [0.29, 0.717) is 12.6 Å². The topological polar surface area (TPSA) is 29.3 Å². The molecule has 0 bridgehead atoms. The Morgan fingerprint density at radius 1 is 1.22 bits per heavy atom. The summed E-state index contributed by atoms with van der Waals surface area (Å²) in [6.07, 6.45) is 8.01. The molecule has 1 saturated carbocycles. The molecule has 0 spiro atoms. The molecule has 1 fully saturated rings. The van der Waals surface area contributed by atoms with Crippen molar-refractivity contribution in [1.29, 1.82) is 0 Å². The zero-order valence-corrected chi connectivity index (χ0v) is 11.9. The smallest absolute Gasteiger partial charge is 0.0471 e. The van der Waals surface area contributed by atoms with Crippen LogP contribution in [0.4, 0.5) is 5.69 Å². The average molecular weight is 267 g/mol. The van der Waals surface area contributed by atoms with Gasteiger partial charge in [-0.15, -0.1) is 0 Å². The second-order valence-electron chi connectivity index (χ2n) is 5.20. The SMILES string of the molecule is CN(c1cccc(Cl)c1CN)C1CCCCCC1. The maximum absolute atomic E-state index is 6.24. The van der Waals surface area contributed by atoms with Gasteiger partial charge < -0.3 is 10.6 Å². The van der Waals surface area contributed by atoms with Crippen molar-refractivity contribution < 1.29 is 0 Å². The van der Waals surface area contributed by atoms with Gasteiger partial charge in [0.15, 0.2) is 0 Å². The predicted octanol–water partition coefficient (Wildman–Crippen LogP) is 3.96. The summed E-state index contributed by atoms with van der Waals surface area (Å²) in [5.74, 6) is 0. The van der Waals surface area contributed by atoms with E-state index in [1.165, 1.54) is 44.2 Å². The molecule has 1 aliphatic carbocycles. The monoisotopic (exact) mass is 266 g/mol. The second kappa shape index (κ2) is 6.44. The van der Waals surface area contributed by atoms with Gasteiger partial charge in [-0.3, -0.25) is 0 Å². The summed E-state index contributed by atoms with van der Waals surface area (Å²) in [7, 11) is 2.18. The van der Waals surface area contributed by atoms with E-state index in [1.807, 2.05) is 12.1 Å². The summed E-state index contributed by atoms with van der Waals surface area (Å²) in [6, 6.07) is 6.72. The summed E-state index contributed by atoms with van der Waals surface area (Å²) >= 11 is 6.24. The van der Waals surface area contributed by atoms with Gasteiger partial charge >= 0.3 is 0 Å². The lowest BCUT2D eigenvalue weighted by atomic mass is 10.0. The van der Waals surface area contributed by atoms with Crippen molar-refractivity contribution in [1.82, 2.24) is 0 Å². The number of benzene rings is 1. The molecule has 1 aromatic carbocycles. The van der Waals surface area contributed by atoms with Crippen LogP contribution in [0, 0.1) is 0 Å². The number of nitrogens with zero attached hydrogens (tertiary/aromatic N) is 1. The first kappa shape index (κ1) is 13.7. The van der Waals surface area contributed by atoms with Gasteiger partial charge in [0.05, 0.1) is 0 Å². The van der Waals surface area contributed by atoms with Crippen LogP contribution in [0.25, 0.3) is 0 Å². The van der Waals surface area contributed by atoms with Crippen LogP contribution in [0.5, 0.6) is 0 Å². The number of hydrogen-bond acceptors (Lipinski definition) is 2. The molecule has 2 N–H and O–H groups in total. The van der Waals surface area contributed by atoms with Crippen molar-refractivity contribution in [2.45, 2.75) is 51.1 Å². The fourth-order valence-electron chi connectivity index (χ4n) is 2.92. The number of nitrogens with two attached hydrogens (primary N) is 1. The Morgan fingerprint density at radius 3 is 2.50 bits per heavy atom. The summed E-state index contributed by atoms with van der Waals surface area (Å²) < 4.78 is 0. The zero-order chi connectivity index (χ0) is 13.0. The predicted molar refractivity (Wildman–Crippen MR) is 79.2 cm³/mol. The number of anilines is 1. The zero-order valence-electron chi connectivity index (χ0n) is 11.2. The van der Waals surface area contributed by atoms with Crippen LogP contribution in [-0.2, 0) is 6.54 Å². The van der Waals surface area contributed by atoms with Crippen LogP contribution in [0.2, 0.25) is 5.02 Å². The Labute approximate surface area is 115 Å². The maximum atomic E-state index is 6.24. The standard InChI is InChI=1S/C15H23ClN2/c1-18(12-7-4-2-3-5-8-12)15-10-6-9-14(16)13(15)11-17/h6,9-10,12H,2-5,7-8,11,17H2,1H3. The summed E-state index contributed by atoms with van der Waals surface area (Å²) in [5.41, 5.74) is 8.12. The summed E-state index contributed by atoms with van der Waals surface area (Å²) in [5, 5.41) is 0.787. The third-order valence-electron chi connectivity index (χ3n) is 4.05. The highest BCUT2D eigenvalue weighted by Crippen LogP contribution is 2.31. The van der Waals surface area contributed by atoms with E-state index in [-0.39, 0.29) is 0 Å². The molecule has 2 nitrogen and oxygen atoms in total.